The minimum atomic E-state index is -0.346. The third-order valence-electron chi connectivity index (χ3n) is 4.08. The maximum Gasteiger partial charge on any atom is 0.193 e. The average Bonchev–Trinajstić information content (AvgIpc) is 2.62. The summed E-state index contributed by atoms with van der Waals surface area (Å²) in [5, 5.41) is 3.29. The molecule has 1 aliphatic rings. The van der Waals surface area contributed by atoms with Crippen LogP contribution in [0.5, 0.6) is 5.75 Å². The number of rotatable bonds is 7. The summed E-state index contributed by atoms with van der Waals surface area (Å²) in [6.07, 6.45) is 4.09. The standard InChI is InChI=1S/C19H28FN3O2.HI/c1-4-21-19(22-10-7-15-8-11-25-12-9-15)23(2)14-16-5-6-18(24-3)17(20)13-16;/h5-6,8,13H,4,7,9-12,14H2,1-3H3,(H,21,22);1H. The van der Waals surface area contributed by atoms with Crippen molar-refractivity contribution in [3.05, 3.63) is 41.2 Å². The third kappa shape index (κ3) is 7.11. The van der Waals surface area contributed by atoms with Crippen molar-refractivity contribution in [1.29, 1.82) is 0 Å². The summed E-state index contributed by atoms with van der Waals surface area (Å²) >= 11 is 0. The van der Waals surface area contributed by atoms with Gasteiger partial charge in [0.15, 0.2) is 17.5 Å². The van der Waals surface area contributed by atoms with Gasteiger partial charge in [-0.25, -0.2) is 4.39 Å². The highest BCUT2D eigenvalue weighted by atomic mass is 127. The van der Waals surface area contributed by atoms with Crippen LogP contribution in [0.2, 0.25) is 0 Å². The van der Waals surface area contributed by atoms with Gasteiger partial charge in [0.25, 0.3) is 0 Å². The Hall–Kier alpha value is -1.35. The molecule has 0 saturated heterocycles. The number of nitrogens with one attached hydrogen (secondary N) is 1. The summed E-state index contributed by atoms with van der Waals surface area (Å²) < 4.78 is 24.1. The van der Waals surface area contributed by atoms with Gasteiger partial charge in [0, 0.05) is 26.7 Å². The molecular weight excluding hydrogens is 448 g/mol. The highest BCUT2D eigenvalue weighted by Crippen LogP contribution is 2.18. The number of methoxy groups -OCH3 is 1. The lowest BCUT2D eigenvalue weighted by atomic mass is 10.1. The molecule has 5 nitrogen and oxygen atoms in total. The molecular formula is C19H29FIN3O2. The smallest absolute Gasteiger partial charge is 0.193 e. The molecule has 0 radical (unpaired) electrons. The first kappa shape index (κ1) is 22.7. The molecule has 1 aromatic carbocycles. The minimum absolute atomic E-state index is 0. The number of ether oxygens (including phenoxy) is 2. The molecule has 1 heterocycles. The van der Waals surface area contributed by atoms with Gasteiger partial charge in [0.1, 0.15) is 0 Å². The molecule has 1 aromatic rings. The van der Waals surface area contributed by atoms with E-state index in [0.717, 1.165) is 44.1 Å². The molecule has 1 N–H and O–H groups in total. The van der Waals surface area contributed by atoms with E-state index in [1.54, 1.807) is 6.07 Å². The van der Waals surface area contributed by atoms with E-state index in [4.69, 9.17) is 14.5 Å². The van der Waals surface area contributed by atoms with E-state index in [9.17, 15) is 4.39 Å². The summed E-state index contributed by atoms with van der Waals surface area (Å²) in [5.41, 5.74) is 2.28. The Labute approximate surface area is 172 Å². The molecule has 0 bridgehead atoms. The van der Waals surface area contributed by atoms with Crippen molar-refractivity contribution in [2.24, 2.45) is 4.99 Å². The van der Waals surface area contributed by atoms with Crippen LogP contribution in [0.25, 0.3) is 0 Å². The van der Waals surface area contributed by atoms with Crippen molar-refractivity contribution >= 4 is 29.9 Å². The first-order valence-corrected chi connectivity index (χ1v) is 8.71. The molecule has 0 saturated carbocycles. The maximum atomic E-state index is 13.9. The Morgan fingerprint density at radius 3 is 2.85 bits per heavy atom. The van der Waals surface area contributed by atoms with Gasteiger partial charge in [-0.1, -0.05) is 17.7 Å². The number of aliphatic imine (C=N–C) groups is 1. The first-order chi connectivity index (χ1) is 12.1. The fourth-order valence-electron chi connectivity index (χ4n) is 2.72. The fourth-order valence-corrected chi connectivity index (χ4v) is 2.72. The molecule has 7 heteroatoms. The van der Waals surface area contributed by atoms with E-state index in [1.165, 1.54) is 18.7 Å². The maximum absolute atomic E-state index is 13.9. The SMILES string of the molecule is CCNC(=NCCC1=CCOCC1)N(C)Cc1ccc(OC)c(F)c1.I. The highest BCUT2D eigenvalue weighted by molar-refractivity contribution is 14.0. The van der Waals surface area contributed by atoms with E-state index in [2.05, 4.69) is 11.4 Å². The lowest BCUT2D eigenvalue weighted by Gasteiger charge is -2.22. The van der Waals surface area contributed by atoms with Crippen molar-refractivity contribution < 1.29 is 13.9 Å². The van der Waals surface area contributed by atoms with E-state index in [1.807, 2.05) is 24.9 Å². The summed E-state index contributed by atoms with van der Waals surface area (Å²) in [6, 6.07) is 5.03. The Balaban J connectivity index is 0.00000338. The molecule has 0 aromatic heterocycles. The van der Waals surface area contributed by atoms with Gasteiger partial charge in [0.05, 0.1) is 20.3 Å². The van der Waals surface area contributed by atoms with Gasteiger partial charge in [-0.15, -0.1) is 24.0 Å². The highest BCUT2D eigenvalue weighted by Gasteiger charge is 2.10. The number of hydrogen-bond donors (Lipinski definition) is 1. The van der Waals surface area contributed by atoms with E-state index in [-0.39, 0.29) is 35.5 Å². The number of benzene rings is 1. The summed E-state index contributed by atoms with van der Waals surface area (Å²) in [6.45, 7) is 5.65. The van der Waals surface area contributed by atoms with Gasteiger partial charge >= 0.3 is 0 Å². The lowest BCUT2D eigenvalue weighted by molar-refractivity contribution is 0.153. The van der Waals surface area contributed by atoms with Crippen LogP contribution in [0, 0.1) is 5.82 Å². The Morgan fingerprint density at radius 2 is 2.23 bits per heavy atom. The molecule has 0 unspecified atom stereocenters. The number of hydrogen-bond acceptors (Lipinski definition) is 3. The number of nitrogens with zero attached hydrogens (tertiary/aromatic N) is 2. The molecule has 0 fully saturated rings. The normalized spacial score (nSPS) is 14.3. The molecule has 0 aliphatic carbocycles. The second kappa shape index (κ2) is 12.1. The zero-order valence-electron chi connectivity index (χ0n) is 15.8. The van der Waals surface area contributed by atoms with Crippen LogP contribution in [-0.2, 0) is 11.3 Å². The Morgan fingerprint density at radius 1 is 1.42 bits per heavy atom. The lowest BCUT2D eigenvalue weighted by Crippen LogP contribution is -2.38. The van der Waals surface area contributed by atoms with Gasteiger partial charge < -0.3 is 19.7 Å². The largest absolute Gasteiger partial charge is 0.494 e. The van der Waals surface area contributed by atoms with E-state index in [0.29, 0.717) is 13.2 Å². The van der Waals surface area contributed by atoms with Crippen LogP contribution in [0.15, 0.2) is 34.8 Å². The quantitative estimate of drug-likeness (QED) is 0.282. The molecule has 0 spiro atoms. The van der Waals surface area contributed by atoms with Gasteiger partial charge in [-0.3, -0.25) is 4.99 Å². The topological polar surface area (TPSA) is 46.1 Å². The summed E-state index contributed by atoms with van der Waals surface area (Å²) in [5.74, 6) is 0.741. The predicted molar refractivity (Wildman–Crippen MR) is 114 cm³/mol. The number of guanidine groups is 1. The Bertz CT molecular complexity index is 623. The van der Waals surface area contributed by atoms with Gasteiger partial charge in [-0.2, -0.15) is 0 Å². The predicted octanol–water partition coefficient (Wildman–Crippen LogP) is 3.59. The van der Waals surface area contributed by atoms with Crippen molar-refractivity contribution in [1.82, 2.24) is 10.2 Å². The van der Waals surface area contributed by atoms with E-state index >= 15 is 0 Å². The van der Waals surface area contributed by atoms with Crippen molar-refractivity contribution in [2.75, 3.05) is 40.5 Å². The van der Waals surface area contributed by atoms with Gasteiger partial charge in [-0.05, 0) is 37.5 Å². The third-order valence-corrected chi connectivity index (χ3v) is 4.08. The molecule has 2 rings (SSSR count). The second-order valence-electron chi connectivity index (χ2n) is 6.00. The van der Waals surface area contributed by atoms with Crippen LogP contribution in [0.3, 0.4) is 0 Å². The molecule has 0 atom stereocenters. The molecule has 0 amide bonds. The van der Waals surface area contributed by atoms with Crippen molar-refractivity contribution in [2.45, 2.75) is 26.3 Å². The van der Waals surface area contributed by atoms with Crippen LogP contribution >= 0.6 is 24.0 Å². The summed E-state index contributed by atoms with van der Waals surface area (Å²) in [7, 11) is 3.42. The van der Waals surface area contributed by atoms with Gasteiger partial charge in [0.2, 0.25) is 0 Å². The van der Waals surface area contributed by atoms with E-state index < -0.39 is 0 Å². The molecule has 26 heavy (non-hydrogen) atoms. The first-order valence-electron chi connectivity index (χ1n) is 8.71. The van der Waals surface area contributed by atoms with Crippen molar-refractivity contribution in [3.8, 4) is 5.75 Å². The molecule has 1 aliphatic heterocycles. The zero-order valence-corrected chi connectivity index (χ0v) is 18.1. The van der Waals surface area contributed by atoms with Crippen molar-refractivity contribution in [3.63, 3.8) is 0 Å². The zero-order chi connectivity index (χ0) is 18.1. The van der Waals surface area contributed by atoms with Crippen LogP contribution in [-0.4, -0.2) is 51.3 Å². The number of halogens is 2. The summed E-state index contributed by atoms with van der Waals surface area (Å²) in [4.78, 5) is 6.69. The minimum Gasteiger partial charge on any atom is -0.494 e. The van der Waals surface area contributed by atoms with Crippen LogP contribution in [0.4, 0.5) is 4.39 Å². The van der Waals surface area contributed by atoms with Crippen LogP contribution in [0.1, 0.15) is 25.3 Å². The Kier molecular flexibility index (Phi) is 10.6. The monoisotopic (exact) mass is 477 g/mol. The van der Waals surface area contributed by atoms with Crippen LogP contribution < -0.4 is 10.1 Å². The fraction of sp³-hybridized carbons (Fsp3) is 0.526. The average molecular weight is 477 g/mol. The second-order valence-corrected chi connectivity index (χ2v) is 6.00. The molecule has 146 valence electrons.